The molecule has 0 unspecified atom stereocenters. The molecule has 0 saturated heterocycles. The van der Waals surface area contributed by atoms with Gasteiger partial charge in [-0.05, 0) is 6.42 Å². The molecule has 0 heterocycles. The first kappa shape index (κ1) is 16.9. The van der Waals surface area contributed by atoms with Crippen molar-refractivity contribution >= 4 is 10.0 Å². The lowest BCUT2D eigenvalue weighted by Crippen LogP contribution is -2.30. The zero-order valence-corrected chi connectivity index (χ0v) is 12.6. The van der Waals surface area contributed by atoms with E-state index in [0.29, 0.717) is 13.1 Å². The van der Waals surface area contributed by atoms with E-state index in [2.05, 4.69) is 6.92 Å². The van der Waals surface area contributed by atoms with E-state index >= 15 is 0 Å². The molecule has 0 fully saturated rings. The van der Waals surface area contributed by atoms with Crippen molar-refractivity contribution in [2.24, 2.45) is 0 Å². The Morgan fingerprint density at radius 1 is 0.824 bits per heavy atom. The van der Waals surface area contributed by atoms with Gasteiger partial charge in [-0.3, -0.25) is 0 Å². The molecule has 17 heavy (non-hydrogen) atoms. The molecule has 0 aromatic heterocycles. The molecule has 0 bridgehead atoms. The second-order valence-electron chi connectivity index (χ2n) is 4.73. The Labute approximate surface area is 108 Å². The number of hydrogen-bond acceptors (Lipinski definition) is 2. The highest BCUT2D eigenvalue weighted by atomic mass is 32.2. The minimum absolute atomic E-state index is 0.593. The van der Waals surface area contributed by atoms with Gasteiger partial charge >= 0.3 is 0 Å². The molecule has 0 N–H and O–H groups in total. The molecule has 104 valence electrons. The lowest BCUT2D eigenvalue weighted by Gasteiger charge is -2.17. The summed E-state index contributed by atoms with van der Waals surface area (Å²) in [7, 11) is -2.99. The Kier molecular flexibility index (Phi) is 9.84. The predicted octanol–water partition coefficient (Wildman–Crippen LogP) is 3.41. The van der Waals surface area contributed by atoms with E-state index < -0.39 is 10.0 Å². The van der Waals surface area contributed by atoms with Gasteiger partial charge in [-0.15, -0.1) is 0 Å². The Morgan fingerprint density at radius 2 is 1.29 bits per heavy atom. The van der Waals surface area contributed by atoms with E-state index in [9.17, 15) is 8.42 Å². The van der Waals surface area contributed by atoms with Crippen LogP contribution in [0.15, 0.2) is 0 Å². The van der Waals surface area contributed by atoms with Crippen LogP contribution in [0.4, 0.5) is 0 Å². The van der Waals surface area contributed by atoms with E-state index in [1.54, 1.807) is 4.31 Å². The third-order valence-electron chi connectivity index (χ3n) is 3.08. The monoisotopic (exact) mass is 263 g/mol. The maximum Gasteiger partial charge on any atom is 0.211 e. The first-order valence-corrected chi connectivity index (χ1v) is 8.82. The normalized spacial score (nSPS) is 12.2. The fourth-order valence-corrected chi connectivity index (χ4v) is 2.91. The SMILES string of the molecule is CCCCCCCCCCN(CC)S(C)(=O)=O. The molecule has 0 saturated carbocycles. The van der Waals surface area contributed by atoms with Gasteiger partial charge in [0, 0.05) is 13.1 Å². The number of rotatable bonds is 11. The number of unbranched alkanes of at least 4 members (excludes halogenated alkanes) is 7. The Bertz CT molecular complexity index is 263. The van der Waals surface area contributed by atoms with E-state index in [-0.39, 0.29) is 0 Å². The molecule has 4 heteroatoms. The van der Waals surface area contributed by atoms with Crippen LogP contribution in [0, 0.1) is 0 Å². The van der Waals surface area contributed by atoms with Crippen LogP contribution in [0.3, 0.4) is 0 Å². The molecule has 0 aliphatic rings. The second kappa shape index (κ2) is 9.89. The number of hydrogen-bond donors (Lipinski definition) is 0. The van der Waals surface area contributed by atoms with Gasteiger partial charge in [-0.1, -0.05) is 58.8 Å². The number of sulfonamides is 1. The third kappa shape index (κ3) is 9.60. The van der Waals surface area contributed by atoms with Gasteiger partial charge < -0.3 is 0 Å². The van der Waals surface area contributed by atoms with Crippen molar-refractivity contribution in [2.75, 3.05) is 19.3 Å². The van der Waals surface area contributed by atoms with E-state index in [1.165, 1.54) is 44.8 Å². The topological polar surface area (TPSA) is 37.4 Å². The highest BCUT2D eigenvalue weighted by molar-refractivity contribution is 7.88. The molecule has 0 atom stereocenters. The van der Waals surface area contributed by atoms with Crippen LogP contribution in [0.2, 0.25) is 0 Å². The van der Waals surface area contributed by atoms with Crippen LogP contribution in [-0.4, -0.2) is 32.1 Å². The fourth-order valence-electron chi connectivity index (χ4n) is 1.98. The average Bonchev–Trinajstić information content (AvgIpc) is 2.25. The molecular weight excluding hydrogens is 234 g/mol. The second-order valence-corrected chi connectivity index (χ2v) is 6.71. The zero-order chi connectivity index (χ0) is 13.1. The zero-order valence-electron chi connectivity index (χ0n) is 11.7. The largest absolute Gasteiger partial charge is 0.213 e. The molecule has 3 nitrogen and oxygen atoms in total. The lowest BCUT2D eigenvalue weighted by atomic mass is 10.1. The highest BCUT2D eigenvalue weighted by Crippen LogP contribution is 2.09. The summed E-state index contributed by atoms with van der Waals surface area (Å²) in [5, 5.41) is 0. The van der Waals surface area contributed by atoms with Gasteiger partial charge in [0.05, 0.1) is 6.26 Å². The van der Waals surface area contributed by atoms with E-state index in [1.807, 2.05) is 6.92 Å². The molecule has 0 aliphatic heterocycles. The summed E-state index contributed by atoms with van der Waals surface area (Å²) in [5.41, 5.74) is 0. The van der Waals surface area contributed by atoms with Crippen LogP contribution < -0.4 is 0 Å². The van der Waals surface area contributed by atoms with Crippen LogP contribution in [0.1, 0.15) is 65.2 Å². The lowest BCUT2D eigenvalue weighted by molar-refractivity contribution is 0.414. The molecule has 0 rings (SSSR count). The summed E-state index contributed by atoms with van der Waals surface area (Å²) in [6, 6.07) is 0. The van der Waals surface area contributed by atoms with Crippen LogP contribution in [-0.2, 0) is 10.0 Å². The van der Waals surface area contributed by atoms with Gasteiger partial charge in [0.25, 0.3) is 0 Å². The van der Waals surface area contributed by atoms with Crippen LogP contribution in [0.5, 0.6) is 0 Å². The van der Waals surface area contributed by atoms with E-state index in [0.717, 1.165) is 12.8 Å². The first-order valence-electron chi connectivity index (χ1n) is 6.97. The predicted molar refractivity (Wildman–Crippen MR) is 74.7 cm³/mol. The maximum absolute atomic E-state index is 11.3. The fraction of sp³-hybridized carbons (Fsp3) is 1.00. The highest BCUT2D eigenvalue weighted by Gasteiger charge is 2.12. The van der Waals surface area contributed by atoms with Crippen molar-refractivity contribution in [3.63, 3.8) is 0 Å². The molecular formula is C13H29NO2S. The van der Waals surface area contributed by atoms with Crippen molar-refractivity contribution in [2.45, 2.75) is 65.2 Å². The Morgan fingerprint density at radius 3 is 1.71 bits per heavy atom. The van der Waals surface area contributed by atoms with E-state index in [4.69, 9.17) is 0 Å². The average molecular weight is 263 g/mol. The van der Waals surface area contributed by atoms with Gasteiger partial charge in [0.2, 0.25) is 10.0 Å². The molecule has 0 radical (unpaired) electrons. The third-order valence-corrected chi connectivity index (χ3v) is 4.46. The summed E-state index contributed by atoms with van der Waals surface area (Å²) >= 11 is 0. The van der Waals surface area contributed by atoms with Crippen LogP contribution in [0.25, 0.3) is 0 Å². The van der Waals surface area contributed by atoms with Crippen molar-refractivity contribution < 1.29 is 8.42 Å². The van der Waals surface area contributed by atoms with Crippen molar-refractivity contribution in [1.29, 1.82) is 0 Å². The molecule has 0 amide bonds. The van der Waals surface area contributed by atoms with Gasteiger partial charge in [-0.2, -0.15) is 0 Å². The summed E-state index contributed by atoms with van der Waals surface area (Å²) in [5.74, 6) is 0. The van der Waals surface area contributed by atoms with Crippen LogP contribution >= 0.6 is 0 Å². The minimum Gasteiger partial charge on any atom is -0.213 e. The molecule has 0 aliphatic carbocycles. The van der Waals surface area contributed by atoms with Crippen molar-refractivity contribution in [3.8, 4) is 0 Å². The molecule has 0 aromatic rings. The summed E-state index contributed by atoms with van der Waals surface area (Å²) in [4.78, 5) is 0. The van der Waals surface area contributed by atoms with Crippen molar-refractivity contribution in [3.05, 3.63) is 0 Å². The molecule has 0 aromatic carbocycles. The van der Waals surface area contributed by atoms with Crippen molar-refractivity contribution in [1.82, 2.24) is 4.31 Å². The smallest absolute Gasteiger partial charge is 0.211 e. The quantitative estimate of drug-likeness (QED) is 0.536. The first-order chi connectivity index (χ1) is 8.02. The summed E-state index contributed by atoms with van der Waals surface area (Å²) < 4.78 is 24.2. The van der Waals surface area contributed by atoms with Gasteiger partial charge in [-0.25, -0.2) is 12.7 Å². The standard InChI is InChI=1S/C13H29NO2S/c1-4-6-7-8-9-10-11-12-13-14(5-2)17(3,15)16/h4-13H2,1-3H3. The summed E-state index contributed by atoms with van der Waals surface area (Å²) in [6.07, 6.45) is 11.3. The van der Waals surface area contributed by atoms with Gasteiger partial charge in [0.1, 0.15) is 0 Å². The Balaban J connectivity index is 3.44. The Hall–Kier alpha value is -0.0900. The van der Waals surface area contributed by atoms with Gasteiger partial charge in [0.15, 0.2) is 0 Å². The summed E-state index contributed by atoms with van der Waals surface area (Å²) in [6.45, 7) is 5.40. The maximum atomic E-state index is 11.3. The molecule has 0 spiro atoms. The minimum atomic E-state index is -2.99. The number of nitrogens with zero attached hydrogens (tertiary/aromatic N) is 1.